The number of carbonyl (C=O) groups is 1. The summed E-state index contributed by atoms with van der Waals surface area (Å²) in [6.45, 7) is 4.20. The third-order valence-corrected chi connectivity index (χ3v) is 4.49. The Balaban J connectivity index is 1.90. The number of nitrogens with one attached hydrogen (secondary N) is 2. The summed E-state index contributed by atoms with van der Waals surface area (Å²) in [7, 11) is 0. The summed E-state index contributed by atoms with van der Waals surface area (Å²) in [5.74, 6) is -0.134. The van der Waals surface area contributed by atoms with Gasteiger partial charge in [0.15, 0.2) is 0 Å². The number of hydrogen-bond donors (Lipinski definition) is 2. The summed E-state index contributed by atoms with van der Waals surface area (Å²) < 4.78 is 1.79. The van der Waals surface area contributed by atoms with E-state index in [1.807, 2.05) is 31.2 Å². The average Bonchev–Trinajstić information content (AvgIpc) is 3.03. The summed E-state index contributed by atoms with van der Waals surface area (Å²) in [5, 5.41) is 3.86. The quantitative estimate of drug-likeness (QED) is 0.597. The van der Waals surface area contributed by atoms with Crippen molar-refractivity contribution >= 4 is 16.8 Å². The number of benzene rings is 1. The molecule has 1 amide bonds. The second-order valence-electron chi connectivity index (χ2n) is 6.02. The Bertz CT molecular complexity index is 1010. The summed E-state index contributed by atoms with van der Waals surface area (Å²) in [6.07, 6.45) is 0. The smallest absolute Gasteiger partial charge is 0.256 e. The molecule has 3 heterocycles. The molecule has 0 bridgehead atoms. The molecule has 0 unspecified atom stereocenters. The maximum Gasteiger partial charge on any atom is 0.256 e. The molecule has 0 fully saturated rings. The van der Waals surface area contributed by atoms with Crippen LogP contribution in [0.4, 0.5) is 0 Å². The molecule has 1 aromatic carbocycles. The number of H-pyrrole nitrogens is 1. The summed E-state index contributed by atoms with van der Waals surface area (Å²) in [4.78, 5) is 27.3. The molecule has 0 radical (unpaired) electrons. The highest BCUT2D eigenvalue weighted by atomic mass is 16.1. The number of amides is 1. The van der Waals surface area contributed by atoms with Gasteiger partial charge in [-0.25, -0.2) is 0 Å². The maximum atomic E-state index is 12.8. The van der Waals surface area contributed by atoms with Gasteiger partial charge in [0.25, 0.3) is 5.56 Å². The zero-order valence-corrected chi connectivity index (χ0v) is 13.1. The van der Waals surface area contributed by atoms with Crippen LogP contribution in [-0.2, 0) is 17.9 Å². The van der Waals surface area contributed by atoms with Gasteiger partial charge in [-0.3, -0.25) is 9.59 Å². The van der Waals surface area contributed by atoms with E-state index < -0.39 is 0 Å². The first-order valence-corrected chi connectivity index (χ1v) is 7.64. The molecule has 116 valence electrons. The lowest BCUT2D eigenvalue weighted by molar-refractivity contribution is -0.119. The fourth-order valence-corrected chi connectivity index (χ4v) is 3.37. The summed E-state index contributed by atoms with van der Waals surface area (Å²) >= 11 is 0. The van der Waals surface area contributed by atoms with Gasteiger partial charge in [0.2, 0.25) is 5.91 Å². The number of rotatable bonds is 2. The standard InChI is InChI=1S/C18H17N3O2/c1-10-7-16-17-12-5-3-4-6-14(12)20-15(17)9-21(16)18(23)13(10)8-19-11(2)22/h3-7,20H,8-9H2,1-2H3,(H,19,22). The van der Waals surface area contributed by atoms with Crippen LogP contribution in [0.5, 0.6) is 0 Å². The second-order valence-corrected chi connectivity index (χ2v) is 6.02. The zero-order valence-electron chi connectivity index (χ0n) is 13.1. The van der Waals surface area contributed by atoms with Crippen molar-refractivity contribution in [2.24, 2.45) is 0 Å². The minimum atomic E-state index is -0.134. The molecule has 5 nitrogen and oxygen atoms in total. The van der Waals surface area contributed by atoms with Crippen molar-refractivity contribution in [3.8, 4) is 11.3 Å². The number of carbonyl (C=O) groups excluding carboxylic acids is 1. The summed E-state index contributed by atoms with van der Waals surface area (Å²) in [5.41, 5.74) is 5.77. The van der Waals surface area contributed by atoms with Gasteiger partial charge >= 0.3 is 0 Å². The van der Waals surface area contributed by atoms with E-state index in [1.165, 1.54) is 6.92 Å². The number of pyridine rings is 1. The first-order chi connectivity index (χ1) is 11.1. The van der Waals surface area contributed by atoms with Gasteiger partial charge in [0, 0.05) is 41.2 Å². The van der Waals surface area contributed by atoms with Crippen molar-refractivity contribution in [2.75, 3.05) is 0 Å². The molecule has 3 aromatic rings. The van der Waals surface area contributed by atoms with Crippen LogP contribution in [0.3, 0.4) is 0 Å². The molecule has 2 N–H and O–H groups in total. The number of aromatic nitrogens is 2. The first-order valence-electron chi connectivity index (χ1n) is 7.64. The van der Waals surface area contributed by atoms with E-state index in [4.69, 9.17) is 0 Å². The van der Waals surface area contributed by atoms with E-state index in [9.17, 15) is 9.59 Å². The predicted octanol–water partition coefficient (Wildman–Crippen LogP) is 2.30. The number of fused-ring (bicyclic) bond motifs is 5. The molecule has 0 spiro atoms. The van der Waals surface area contributed by atoms with Crippen LogP contribution in [0.1, 0.15) is 23.7 Å². The number of nitrogens with zero attached hydrogens (tertiary/aromatic N) is 1. The zero-order chi connectivity index (χ0) is 16.1. The van der Waals surface area contributed by atoms with Crippen LogP contribution < -0.4 is 10.9 Å². The number of para-hydroxylation sites is 1. The normalized spacial score (nSPS) is 12.3. The largest absolute Gasteiger partial charge is 0.356 e. The Morgan fingerprint density at radius 2 is 2.13 bits per heavy atom. The van der Waals surface area contributed by atoms with Crippen molar-refractivity contribution in [3.05, 3.63) is 57.5 Å². The predicted molar refractivity (Wildman–Crippen MR) is 89.4 cm³/mol. The van der Waals surface area contributed by atoms with E-state index in [2.05, 4.69) is 16.4 Å². The van der Waals surface area contributed by atoms with Crippen molar-refractivity contribution in [1.29, 1.82) is 0 Å². The van der Waals surface area contributed by atoms with Gasteiger partial charge in [-0.1, -0.05) is 18.2 Å². The van der Waals surface area contributed by atoms with Crippen LogP contribution in [0.2, 0.25) is 0 Å². The monoisotopic (exact) mass is 307 g/mol. The molecule has 1 aliphatic rings. The Kier molecular flexibility index (Phi) is 2.91. The molecule has 4 rings (SSSR count). The fraction of sp³-hybridized carbons (Fsp3) is 0.222. The molecule has 2 aromatic heterocycles. The Hall–Kier alpha value is -2.82. The van der Waals surface area contributed by atoms with Crippen molar-refractivity contribution in [2.45, 2.75) is 26.9 Å². The third kappa shape index (κ3) is 2.00. The van der Waals surface area contributed by atoms with E-state index in [1.54, 1.807) is 4.57 Å². The highest BCUT2D eigenvalue weighted by Gasteiger charge is 2.25. The van der Waals surface area contributed by atoms with Crippen molar-refractivity contribution in [3.63, 3.8) is 0 Å². The SMILES string of the molecule is CC(=O)NCc1c(C)cc2n(c1=O)Cc1[nH]c3ccccc3c1-2. The third-order valence-electron chi connectivity index (χ3n) is 4.49. The van der Waals surface area contributed by atoms with Crippen LogP contribution in [-0.4, -0.2) is 15.5 Å². The lowest BCUT2D eigenvalue weighted by Gasteiger charge is -2.11. The highest BCUT2D eigenvalue weighted by molar-refractivity contribution is 5.98. The van der Waals surface area contributed by atoms with Gasteiger partial charge in [-0.05, 0) is 24.6 Å². The minimum absolute atomic E-state index is 0.0255. The first kappa shape index (κ1) is 13.8. The highest BCUT2D eigenvalue weighted by Crippen LogP contribution is 2.37. The van der Waals surface area contributed by atoms with Gasteiger partial charge in [-0.15, -0.1) is 0 Å². The Labute approximate surface area is 133 Å². The second kappa shape index (κ2) is 4.84. The minimum Gasteiger partial charge on any atom is -0.356 e. The molecule has 23 heavy (non-hydrogen) atoms. The van der Waals surface area contributed by atoms with Gasteiger partial charge in [-0.2, -0.15) is 0 Å². The lowest BCUT2D eigenvalue weighted by atomic mass is 10.1. The molecule has 0 atom stereocenters. The molecule has 0 saturated heterocycles. The number of aryl methyl sites for hydroxylation is 1. The molecule has 0 saturated carbocycles. The summed E-state index contributed by atoms with van der Waals surface area (Å²) in [6, 6.07) is 10.2. The lowest BCUT2D eigenvalue weighted by Crippen LogP contribution is -2.29. The van der Waals surface area contributed by atoms with Crippen LogP contribution >= 0.6 is 0 Å². The fourth-order valence-electron chi connectivity index (χ4n) is 3.37. The molecule has 0 aliphatic carbocycles. The number of hydrogen-bond acceptors (Lipinski definition) is 2. The van der Waals surface area contributed by atoms with Gasteiger partial charge in [0.05, 0.1) is 12.2 Å². The van der Waals surface area contributed by atoms with Crippen LogP contribution in [0, 0.1) is 6.92 Å². The van der Waals surface area contributed by atoms with Crippen molar-refractivity contribution < 1.29 is 4.79 Å². The van der Waals surface area contributed by atoms with E-state index >= 15 is 0 Å². The van der Waals surface area contributed by atoms with Crippen LogP contribution in [0.15, 0.2) is 35.1 Å². The van der Waals surface area contributed by atoms with Gasteiger partial charge < -0.3 is 14.9 Å². The van der Waals surface area contributed by atoms with E-state index in [-0.39, 0.29) is 18.0 Å². The van der Waals surface area contributed by atoms with E-state index in [0.29, 0.717) is 12.1 Å². The maximum absolute atomic E-state index is 12.8. The molecule has 5 heteroatoms. The molecule has 1 aliphatic heterocycles. The van der Waals surface area contributed by atoms with Gasteiger partial charge in [0.1, 0.15) is 0 Å². The molecular formula is C18H17N3O2. The molecular weight excluding hydrogens is 290 g/mol. The van der Waals surface area contributed by atoms with Crippen molar-refractivity contribution in [1.82, 2.24) is 14.9 Å². The van der Waals surface area contributed by atoms with Crippen LogP contribution in [0.25, 0.3) is 22.2 Å². The topological polar surface area (TPSA) is 66.9 Å². The number of aromatic amines is 1. The van der Waals surface area contributed by atoms with E-state index in [0.717, 1.165) is 33.4 Å². The average molecular weight is 307 g/mol. The Morgan fingerprint density at radius 1 is 1.35 bits per heavy atom. The Morgan fingerprint density at radius 3 is 2.91 bits per heavy atom.